The molecule has 1 aliphatic heterocycles. The molecule has 1 amide bonds. The normalized spacial score (nSPS) is 20.5. The molecule has 0 bridgehead atoms. The van der Waals surface area contributed by atoms with Crippen molar-refractivity contribution in [2.45, 2.75) is 38.5 Å². The maximum Gasteiger partial charge on any atom is 0.229 e. The Hall–Kier alpha value is -1.69. The first-order chi connectivity index (χ1) is 10.1. The summed E-state index contributed by atoms with van der Waals surface area (Å²) in [6.07, 6.45) is 2.00. The van der Waals surface area contributed by atoms with Gasteiger partial charge in [-0.1, -0.05) is 5.16 Å². The number of hydrogen-bond acceptors (Lipinski definition) is 5. The molecule has 0 radical (unpaired) electrons. The predicted octanol–water partition coefficient (Wildman–Crippen LogP) is 2.95. The van der Waals surface area contributed by atoms with Crippen molar-refractivity contribution in [3.63, 3.8) is 0 Å². The summed E-state index contributed by atoms with van der Waals surface area (Å²) in [5.74, 6) is 1.61. The maximum atomic E-state index is 12.6. The van der Waals surface area contributed by atoms with E-state index in [0.29, 0.717) is 12.4 Å². The molecule has 2 aromatic rings. The lowest BCUT2D eigenvalue weighted by Gasteiger charge is -2.33. The molecular weight excluding hydrogens is 286 g/mol. The highest BCUT2D eigenvalue weighted by molar-refractivity contribution is 7.08. The third-order valence-electron chi connectivity index (χ3n) is 4.06. The monoisotopic (exact) mass is 305 g/mol. The van der Waals surface area contributed by atoms with Gasteiger partial charge in [0.2, 0.25) is 11.8 Å². The number of likely N-dealkylation sites (tertiary alicyclic amines) is 1. The van der Waals surface area contributed by atoms with Crippen LogP contribution in [0, 0.1) is 6.92 Å². The number of amides is 1. The van der Waals surface area contributed by atoms with Gasteiger partial charge in [0.25, 0.3) is 0 Å². The minimum Gasteiger partial charge on any atom is -0.341 e. The molecule has 2 unspecified atom stereocenters. The molecule has 0 N–H and O–H groups in total. The summed E-state index contributed by atoms with van der Waals surface area (Å²) in [5.41, 5.74) is 1.10. The molecule has 6 heteroatoms. The van der Waals surface area contributed by atoms with Gasteiger partial charge in [-0.25, -0.2) is 0 Å². The molecule has 21 heavy (non-hydrogen) atoms. The molecule has 2 aromatic heterocycles. The van der Waals surface area contributed by atoms with E-state index in [4.69, 9.17) is 4.52 Å². The van der Waals surface area contributed by atoms with E-state index in [1.165, 1.54) is 0 Å². The Morgan fingerprint density at radius 3 is 3.10 bits per heavy atom. The molecule has 1 fully saturated rings. The Morgan fingerprint density at radius 2 is 2.43 bits per heavy atom. The molecule has 3 heterocycles. The van der Waals surface area contributed by atoms with Crippen LogP contribution in [0.5, 0.6) is 0 Å². The van der Waals surface area contributed by atoms with Crippen molar-refractivity contribution >= 4 is 17.2 Å². The lowest BCUT2D eigenvalue weighted by molar-refractivity contribution is -0.133. The van der Waals surface area contributed by atoms with Crippen LogP contribution in [0.25, 0.3) is 0 Å². The summed E-state index contributed by atoms with van der Waals surface area (Å²) < 4.78 is 5.06. The number of carbonyl (C=O) groups is 1. The Morgan fingerprint density at radius 1 is 1.57 bits per heavy atom. The maximum absolute atomic E-state index is 12.6. The fourth-order valence-electron chi connectivity index (χ4n) is 2.81. The average molecular weight is 305 g/mol. The van der Waals surface area contributed by atoms with E-state index >= 15 is 0 Å². The van der Waals surface area contributed by atoms with Gasteiger partial charge < -0.3 is 9.42 Å². The fraction of sp³-hybridized carbons (Fsp3) is 0.533. The van der Waals surface area contributed by atoms with E-state index in [0.717, 1.165) is 30.8 Å². The van der Waals surface area contributed by atoms with Gasteiger partial charge in [0.05, 0.1) is 5.92 Å². The summed E-state index contributed by atoms with van der Waals surface area (Å²) in [7, 11) is 0. The standard InChI is InChI=1S/C15H19N3O2S/c1-10(13-5-7-21-9-13)15(19)18-6-3-4-12(8-18)14-16-11(2)20-17-14/h5,7,9-10,12H,3-4,6,8H2,1-2H3. The topological polar surface area (TPSA) is 59.2 Å². The predicted molar refractivity (Wildman–Crippen MR) is 80.3 cm³/mol. The van der Waals surface area contributed by atoms with Gasteiger partial charge in [-0.15, -0.1) is 0 Å². The Bertz CT molecular complexity index is 608. The van der Waals surface area contributed by atoms with Gasteiger partial charge in [-0.3, -0.25) is 4.79 Å². The van der Waals surface area contributed by atoms with Crippen molar-refractivity contribution in [1.82, 2.24) is 15.0 Å². The van der Waals surface area contributed by atoms with Gasteiger partial charge in [-0.2, -0.15) is 16.3 Å². The summed E-state index contributed by atoms with van der Waals surface area (Å²) in [4.78, 5) is 18.9. The van der Waals surface area contributed by atoms with Crippen LogP contribution in [0.4, 0.5) is 0 Å². The Balaban J connectivity index is 1.69. The van der Waals surface area contributed by atoms with Crippen LogP contribution in [-0.4, -0.2) is 34.0 Å². The lowest BCUT2D eigenvalue weighted by Crippen LogP contribution is -2.41. The summed E-state index contributed by atoms with van der Waals surface area (Å²) in [6.45, 7) is 5.28. The third-order valence-corrected chi connectivity index (χ3v) is 4.76. The number of rotatable bonds is 3. The van der Waals surface area contributed by atoms with Crippen molar-refractivity contribution in [2.24, 2.45) is 0 Å². The first-order valence-electron chi connectivity index (χ1n) is 7.26. The van der Waals surface area contributed by atoms with Gasteiger partial charge in [0, 0.05) is 25.9 Å². The van der Waals surface area contributed by atoms with Gasteiger partial charge >= 0.3 is 0 Å². The summed E-state index contributed by atoms with van der Waals surface area (Å²) >= 11 is 1.63. The molecule has 0 aromatic carbocycles. The largest absolute Gasteiger partial charge is 0.341 e. The number of thiophene rings is 1. The number of aryl methyl sites for hydroxylation is 1. The van der Waals surface area contributed by atoms with Crippen LogP contribution in [-0.2, 0) is 4.79 Å². The number of carbonyl (C=O) groups excluding carboxylic acids is 1. The molecule has 1 aliphatic rings. The van der Waals surface area contributed by atoms with E-state index < -0.39 is 0 Å². The van der Waals surface area contributed by atoms with Crippen LogP contribution in [0.2, 0.25) is 0 Å². The van der Waals surface area contributed by atoms with Crippen LogP contribution >= 0.6 is 11.3 Å². The second kappa shape index (κ2) is 5.97. The molecule has 0 spiro atoms. The minimum absolute atomic E-state index is 0.0815. The van der Waals surface area contributed by atoms with E-state index in [-0.39, 0.29) is 17.7 Å². The zero-order chi connectivity index (χ0) is 14.8. The highest BCUT2D eigenvalue weighted by Crippen LogP contribution is 2.28. The van der Waals surface area contributed by atoms with Crippen LogP contribution in [0.1, 0.15) is 48.9 Å². The van der Waals surface area contributed by atoms with Crippen molar-refractivity contribution < 1.29 is 9.32 Å². The molecule has 0 aliphatic carbocycles. The Labute approximate surface area is 128 Å². The van der Waals surface area contributed by atoms with Crippen LogP contribution in [0.15, 0.2) is 21.3 Å². The number of nitrogens with zero attached hydrogens (tertiary/aromatic N) is 3. The SMILES string of the molecule is Cc1nc(C2CCCN(C(=O)C(C)c3ccsc3)C2)no1. The van der Waals surface area contributed by atoms with Gasteiger partial charge in [0.1, 0.15) is 0 Å². The second-order valence-corrected chi connectivity index (χ2v) is 6.35. The van der Waals surface area contributed by atoms with E-state index in [1.54, 1.807) is 18.3 Å². The highest BCUT2D eigenvalue weighted by atomic mass is 32.1. The molecule has 5 nitrogen and oxygen atoms in total. The van der Waals surface area contributed by atoms with Gasteiger partial charge in [-0.05, 0) is 42.2 Å². The summed E-state index contributed by atoms with van der Waals surface area (Å²) in [6, 6.07) is 2.03. The lowest BCUT2D eigenvalue weighted by atomic mass is 9.95. The summed E-state index contributed by atoms with van der Waals surface area (Å²) in [5, 5.41) is 8.07. The highest BCUT2D eigenvalue weighted by Gasteiger charge is 2.30. The average Bonchev–Trinajstić information content (AvgIpc) is 3.17. The zero-order valence-electron chi connectivity index (χ0n) is 12.3. The van der Waals surface area contributed by atoms with E-state index in [1.807, 2.05) is 28.7 Å². The molecule has 2 atom stereocenters. The van der Waals surface area contributed by atoms with E-state index in [9.17, 15) is 4.79 Å². The second-order valence-electron chi connectivity index (χ2n) is 5.57. The number of aromatic nitrogens is 2. The quantitative estimate of drug-likeness (QED) is 0.875. The molecule has 112 valence electrons. The van der Waals surface area contributed by atoms with Crippen molar-refractivity contribution in [1.29, 1.82) is 0 Å². The Kier molecular flexibility index (Phi) is 4.05. The fourth-order valence-corrected chi connectivity index (χ4v) is 3.56. The van der Waals surface area contributed by atoms with Crippen molar-refractivity contribution in [3.8, 4) is 0 Å². The van der Waals surface area contributed by atoms with Crippen LogP contribution < -0.4 is 0 Å². The molecule has 0 saturated carbocycles. The van der Waals surface area contributed by atoms with Gasteiger partial charge in [0.15, 0.2) is 5.82 Å². The smallest absolute Gasteiger partial charge is 0.229 e. The van der Waals surface area contributed by atoms with Crippen molar-refractivity contribution in [3.05, 3.63) is 34.1 Å². The molecule has 1 saturated heterocycles. The van der Waals surface area contributed by atoms with Crippen molar-refractivity contribution in [2.75, 3.05) is 13.1 Å². The first kappa shape index (κ1) is 14.3. The molecular formula is C15H19N3O2S. The van der Waals surface area contributed by atoms with Crippen LogP contribution in [0.3, 0.4) is 0 Å². The molecule has 3 rings (SSSR count). The zero-order valence-corrected chi connectivity index (χ0v) is 13.1. The van der Waals surface area contributed by atoms with E-state index in [2.05, 4.69) is 10.1 Å². The number of piperidine rings is 1. The minimum atomic E-state index is -0.0815. The number of hydrogen-bond donors (Lipinski definition) is 0. The first-order valence-corrected chi connectivity index (χ1v) is 8.20. The third kappa shape index (κ3) is 3.00.